The van der Waals surface area contributed by atoms with Gasteiger partial charge in [0.05, 0.1) is 17.3 Å². The van der Waals surface area contributed by atoms with Crippen LogP contribution in [0.5, 0.6) is 0 Å². The number of carbonyl (C=O) groups is 2. The summed E-state index contributed by atoms with van der Waals surface area (Å²) in [7, 11) is 0. The van der Waals surface area contributed by atoms with Crippen molar-refractivity contribution in [2.45, 2.75) is 32.4 Å². The Hall–Kier alpha value is -4.38. The van der Waals surface area contributed by atoms with Gasteiger partial charge in [0.15, 0.2) is 0 Å². The Morgan fingerprint density at radius 2 is 1.51 bits per heavy atom. The molecule has 0 bridgehead atoms. The Morgan fingerprint density at radius 3 is 2.32 bits per heavy atom. The number of rotatable bonds is 7. The molecule has 0 saturated carbocycles. The van der Waals surface area contributed by atoms with Crippen LogP contribution >= 0.6 is 0 Å². The lowest BCUT2D eigenvalue weighted by Gasteiger charge is -2.31. The van der Waals surface area contributed by atoms with Gasteiger partial charge in [0.2, 0.25) is 0 Å². The van der Waals surface area contributed by atoms with Crippen LogP contribution in [0.2, 0.25) is 0 Å². The molecular weight excluding hydrogens is 458 g/mol. The Labute approximate surface area is 218 Å². The highest BCUT2D eigenvalue weighted by atomic mass is 16.2. The normalized spacial score (nSPS) is 13.4. The first-order chi connectivity index (χ1) is 18.1. The second-order valence-corrected chi connectivity index (χ2v) is 9.46. The Morgan fingerprint density at radius 1 is 0.811 bits per heavy atom. The van der Waals surface area contributed by atoms with Crippen molar-refractivity contribution >= 4 is 23.2 Å². The van der Waals surface area contributed by atoms with Crippen LogP contribution in [0.3, 0.4) is 0 Å². The molecule has 1 aliphatic rings. The van der Waals surface area contributed by atoms with Crippen LogP contribution in [-0.2, 0) is 13.0 Å². The molecule has 2 N–H and O–H groups in total. The van der Waals surface area contributed by atoms with Gasteiger partial charge in [0.25, 0.3) is 11.8 Å². The fourth-order valence-corrected chi connectivity index (χ4v) is 4.84. The Balaban J connectivity index is 1.25. The third-order valence-electron chi connectivity index (χ3n) is 6.86. The molecule has 1 aliphatic heterocycles. The monoisotopic (exact) mass is 489 g/mol. The van der Waals surface area contributed by atoms with Crippen molar-refractivity contribution in [3.05, 3.63) is 131 Å². The summed E-state index contributed by atoms with van der Waals surface area (Å²) in [5.74, 6) is -0.476. The zero-order valence-electron chi connectivity index (χ0n) is 21.0. The number of benzene rings is 4. The van der Waals surface area contributed by atoms with E-state index in [4.69, 9.17) is 0 Å². The first kappa shape index (κ1) is 24.3. The highest BCUT2D eigenvalue weighted by Crippen LogP contribution is 2.28. The minimum absolute atomic E-state index is 0.156. The van der Waals surface area contributed by atoms with Crippen LogP contribution in [0.1, 0.15) is 56.8 Å². The Bertz CT molecular complexity index is 1380. The first-order valence-corrected chi connectivity index (χ1v) is 12.8. The molecule has 1 heterocycles. The molecule has 0 aliphatic carbocycles. The average molecular weight is 490 g/mol. The molecule has 0 spiro atoms. The lowest BCUT2D eigenvalue weighted by molar-refractivity contribution is 0.0940. The van der Waals surface area contributed by atoms with E-state index in [9.17, 15) is 9.59 Å². The number of nitrogens with zero attached hydrogens (tertiary/aromatic N) is 1. The quantitative estimate of drug-likeness (QED) is 0.317. The Kier molecular flexibility index (Phi) is 7.31. The molecule has 1 unspecified atom stereocenters. The van der Waals surface area contributed by atoms with Crippen LogP contribution in [0.4, 0.5) is 11.4 Å². The summed E-state index contributed by atoms with van der Waals surface area (Å²) in [6.45, 7) is 3.78. The van der Waals surface area contributed by atoms with Crippen molar-refractivity contribution in [1.29, 1.82) is 0 Å². The number of nitrogens with one attached hydrogen (secondary N) is 2. The summed E-state index contributed by atoms with van der Waals surface area (Å²) in [5.41, 5.74) is 6.33. The van der Waals surface area contributed by atoms with Gasteiger partial charge in [0.1, 0.15) is 0 Å². The van der Waals surface area contributed by atoms with E-state index in [1.807, 2.05) is 67.6 Å². The summed E-state index contributed by atoms with van der Waals surface area (Å²) in [6, 6.07) is 33.0. The van der Waals surface area contributed by atoms with E-state index < -0.39 is 0 Å². The molecule has 4 aromatic rings. The first-order valence-electron chi connectivity index (χ1n) is 12.8. The van der Waals surface area contributed by atoms with Crippen molar-refractivity contribution in [2.75, 3.05) is 16.8 Å². The fraction of sp³-hybridized carbons (Fsp3) is 0.188. The second-order valence-electron chi connectivity index (χ2n) is 9.46. The van der Waals surface area contributed by atoms with Crippen molar-refractivity contribution in [3.8, 4) is 0 Å². The minimum Gasteiger partial charge on any atom is -0.367 e. The van der Waals surface area contributed by atoms with Crippen LogP contribution in [-0.4, -0.2) is 18.4 Å². The maximum Gasteiger partial charge on any atom is 0.255 e. The standard InChI is InChI=1S/C32H31N3O2/c1-23(25-10-3-2-4-11-25)33-32(37)28-14-6-7-15-29(28)34-31(36)27-19-17-24(18-20-27)22-35-21-9-13-26-12-5-8-16-30(26)35/h2-8,10-12,14-20,23H,9,13,21-22H2,1H3,(H,33,37)(H,34,36). The predicted octanol–water partition coefficient (Wildman–Crippen LogP) is 6.38. The van der Waals surface area contributed by atoms with Gasteiger partial charge in [-0.25, -0.2) is 0 Å². The second kappa shape index (κ2) is 11.1. The zero-order chi connectivity index (χ0) is 25.6. The fourth-order valence-electron chi connectivity index (χ4n) is 4.84. The number of carbonyl (C=O) groups excluding carboxylic acids is 2. The molecule has 1 atom stereocenters. The molecule has 0 saturated heterocycles. The summed E-state index contributed by atoms with van der Waals surface area (Å²) in [4.78, 5) is 28.5. The number of anilines is 2. The average Bonchev–Trinajstić information content (AvgIpc) is 2.94. The van der Waals surface area contributed by atoms with Crippen molar-refractivity contribution in [3.63, 3.8) is 0 Å². The zero-order valence-corrected chi connectivity index (χ0v) is 21.0. The van der Waals surface area contributed by atoms with Crippen LogP contribution in [0.15, 0.2) is 103 Å². The number of amides is 2. The molecule has 5 rings (SSSR count). The van der Waals surface area contributed by atoms with E-state index in [2.05, 4.69) is 39.8 Å². The lowest BCUT2D eigenvalue weighted by Crippen LogP contribution is -2.28. The highest BCUT2D eigenvalue weighted by molar-refractivity contribution is 6.09. The van der Waals surface area contributed by atoms with E-state index >= 15 is 0 Å². The van der Waals surface area contributed by atoms with E-state index in [1.54, 1.807) is 18.2 Å². The molecular formula is C32H31N3O2. The molecule has 186 valence electrons. The van der Waals surface area contributed by atoms with Gasteiger partial charge in [-0.05, 0) is 66.8 Å². The summed E-state index contributed by atoms with van der Waals surface area (Å²) in [5, 5.41) is 5.95. The van der Waals surface area contributed by atoms with E-state index in [1.165, 1.54) is 11.3 Å². The summed E-state index contributed by atoms with van der Waals surface area (Å²) in [6.07, 6.45) is 2.27. The van der Waals surface area contributed by atoms with Crippen molar-refractivity contribution in [2.24, 2.45) is 0 Å². The molecule has 0 fully saturated rings. The third-order valence-corrected chi connectivity index (χ3v) is 6.86. The highest BCUT2D eigenvalue weighted by Gasteiger charge is 2.18. The number of aryl methyl sites for hydroxylation is 1. The summed E-state index contributed by atoms with van der Waals surface area (Å²) < 4.78 is 0. The van der Waals surface area contributed by atoms with Crippen molar-refractivity contribution in [1.82, 2.24) is 5.32 Å². The maximum atomic E-state index is 13.0. The van der Waals surface area contributed by atoms with E-state index in [0.29, 0.717) is 16.8 Å². The maximum absolute atomic E-state index is 13.0. The van der Waals surface area contributed by atoms with Crippen LogP contribution < -0.4 is 15.5 Å². The molecule has 37 heavy (non-hydrogen) atoms. The SMILES string of the molecule is CC(NC(=O)c1ccccc1NC(=O)c1ccc(CN2CCCc3ccccc32)cc1)c1ccccc1. The minimum atomic E-state index is -0.244. The smallest absolute Gasteiger partial charge is 0.255 e. The van der Waals surface area contributed by atoms with Gasteiger partial charge in [-0.3, -0.25) is 9.59 Å². The largest absolute Gasteiger partial charge is 0.367 e. The van der Waals surface area contributed by atoms with Gasteiger partial charge >= 0.3 is 0 Å². The van der Waals surface area contributed by atoms with Crippen LogP contribution in [0, 0.1) is 0 Å². The lowest BCUT2D eigenvalue weighted by atomic mass is 10.0. The molecule has 5 nitrogen and oxygen atoms in total. The van der Waals surface area contributed by atoms with Gasteiger partial charge < -0.3 is 15.5 Å². The molecule has 2 amide bonds. The molecule has 5 heteroatoms. The van der Waals surface area contributed by atoms with Crippen LogP contribution in [0.25, 0.3) is 0 Å². The number of hydrogen-bond donors (Lipinski definition) is 2. The number of fused-ring (bicyclic) bond motifs is 1. The third kappa shape index (κ3) is 5.72. The van der Waals surface area contributed by atoms with Gasteiger partial charge in [-0.2, -0.15) is 0 Å². The molecule has 4 aromatic carbocycles. The van der Waals surface area contributed by atoms with Gasteiger partial charge in [-0.15, -0.1) is 0 Å². The number of hydrogen-bond acceptors (Lipinski definition) is 3. The molecule has 0 aromatic heterocycles. The van der Waals surface area contributed by atoms with E-state index in [-0.39, 0.29) is 17.9 Å². The number of para-hydroxylation sites is 2. The van der Waals surface area contributed by atoms with Gasteiger partial charge in [-0.1, -0.05) is 72.8 Å². The predicted molar refractivity (Wildman–Crippen MR) is 149 cm³/mol. The van der Waals surface area contributed by atoms with E-state index in [0.717, 1.165) is 37.1 Å². The molecule has 0 radical (unpaired) electrons. The van der Waals surface area contributed by atoms with Crippen molar-refractivity contribution < 1.29 is 9.59 Å². The topological polar surface area (TPSA) is 61.4 Å². The summed E-state index contributed by atoms with van der Waals surface area (Å²) >= 11 is 0. The van der Waals surface area contributed by atoms with Gasteiger partial charge in [0, 0.05) is 24.3 Å².